The summed E-state index contributed by atoms with van der Waals surface area (Å²) < 4.78 is 0. The maximum absolute atomic E-state index is 12.9. The largest absolute Gasteiger partial charge is 0.380 e. The fraction of sp³-hybridized carbons (Fsp3) is 0.320. The summed E-state index contributed by atoms with van der Waals surface area (Å²) in [5, 5.41) is 24.7. The molecular formula is C25H26ClN3O4S. The summed E-state index contributed by atoms with van der Waals surface area (Å²) in [6.07, 6.45) is 0.266. The molecule has 1 saturated heterocycles. The average Bonchev–Trinajstić information content (AvgIpc) is 3.51. The van der Waals surface area contributed by atoms with Crippen molar-refractivity contribution in [2.24, 2.45) is 0 Å². The first-order valence-electron chi connectivity index (χ1n) is 11.1. The quantitative estimate of drug-likeness (QED) is 0.442. The number of nitrogens with one attached hydrogen (secondary N) is 1. The number of benzene rings is 2. The van der Waals surface area contributed by atoms with Gasteiger partial charge in [0.15, 0.2) is 12.2 Å². The molecule has 0 spiro atoms. The third kappa shape index (κ3) is 5.82. The zero-order valence-corrected chi connectivity index (χ0v) is 20.0. The van der Waals surface area contributed by atoms with Crippen molar-refractivity contribution >= 4 is 34.8 Å². The van der Waals surface area contributed by atoms with Crippen molar-refractivity contribution in [2.75, 3.05) is 6.54 Å². The van der Waals surface area contributed by atoms with Crippen molar-refractivity contribution in [3.63, 3.8) is 0 Å². The molecule has 3 aromatic rings. The van der Waals surface area contributed by atoms with Crippen LogP contribution >= 0.6 is 22.9 Å². The van der Waals surface area contributed by atoms with E-state index in [1.165, 1.54) is 11.3 Å². The Morgan fingerprint density at radius 1 is 1.15 bits per heavy atom. The fourth-order valence-corrected chi connectivity index (χ4v) is 5.24. The van der Waals surface area contributed by atoms with Crippen LogP contribution < -0.4 is 5.32 Å². The molecule has 178 valence electrons. The molecule has 0 bridgehead atoms. The summed E-state index contributed by atoms with van der Waals surface area (Å²) in [4.78, 5) is 32.1. The van der Waals surface area contributed by atoms with Crippen LogP contribution in [0.3, 0.4) is 0 Å². The van der Waals surface area contributed by atoms with Crippen LogP contribution in [0.25, 0.3) is 0 Å². The number of hydrogen-bond donors (Lipinski definition) is 3. The van der Waals surface area contributed by atoms with Crippen molar-refractivity contribution in [2.45, 2.75) is 44.1 Å². The molecule has 2 amide bonds. The van der Waals surface area contributed by atoms with E-state index in [1.54, 1.807) is 11.1 Å². The Labute approximate surface area is 207 Å². The number of nitrogens with zero attached hydrogens (tertiary/aromatic N) is 2. The van der Waals surface area contributed by atoms with Gasteiger partial charge in [0.2, 0.25) is 0 Å². The first kappa shape index (κ1) is 24.3. The highest BCUT2D eigenvalue weighted by atomic mass is 35.5. The SMILES string of the molecule is O=C(NCc1ncc(Cc2cccc(Cl)c2)s1)[C@H](O)[C@@H](O)C(=O)N1CCCC1c1ccccc1. The molecule has 34 heavy (non-hydrogen) atoms. The number of rotatable bonds is 8. The molecule has 3 atom stereocenters. The second kappa shape index (κ2) is 11.1. The lowest BCUT2D eigenvalue weighted by molar-refractivity contribution is -0.153. The molecule has 1 aliphatic heterocycles. The minimum Gasteiger partial charge on any atom is -0.380 e. The highest BCUT2D eigenvalue weighted by Gasteiger charge is 2.38. The zero-order valence-electron chi connectivity index (χ0n) is 18.4. The van der Waals surface area contributed by atoms with E-state index in [1.807, 2.05) is 54.6 Å². The van der Waals surface area contributed by atoms with Crippen LogP contribution in [-0.4, -0.2) is 50.7 Å². The Hall–Kier alpha value is -2.78. The fourth-order valence-electron chi connectivity index (χ4n) is 4.13. The molecule has 4 rings (SSSR count). The van der Waals surface area contributed by atoms with Gasteiger partial charge in [0.05, 0.1) is 12.6 Å². The number of amides is 2. The van der Waals surface area contributed by atoms with Gasteiger partial charge >= 0.3 is 0 Å². The first-order valence-corrected chi connectivity index (χ1v) is 12.3. The number of aliphatic hydroxyl groups is 2. The van der Waals surface area contributed by atoms with Crippen molar-refractivity contribution in [3.05, 3.63) is 86.8 Å². The predicted octanol–water partition coefficient (Wildman–Crippen LogP) is 3.09. The van der Waals surface area contributed by atoms with Gasteiger partial charge in [-0.3, -0.25) is 9.59 Å². The molecule has 1 unspecified atom stereocenters. The van der Waals surface area contributed by atoms with Gasteiger partial charge in [-0.2, -0.15) is 0 Å². The van der Waals surface area contributed by atoms with Crippen LogP contribution in [0.5, 0.6) is 0 Å². The van der Waals surface area contributed by atoms with Gasteiger partial charge in [0, 0.05) is 29.1 Å². The zero-order chi connectivity index (χ0) is 24.1. The number of aliphatic hydroxyl groups excluding tert-OH is 2. The summed E-state index contributed by atoms with van der Waals surface area (Å²) in [6, 6.07) is 16.9. The topological polar surface area (TPSA) is 103 Å². The van der Waals surface area contributed by atoms with Gasteiger partial charge in [-0.25, -0.2) is 4.98 Å². The maximum Gasteiger partial charge on any atom is 0.255 e. The van der Waals surface area contributed by atoms with Crippen molar-refractivity contribution in [1.29, 1.82) is 0 Å². The predicted molar refractivity (Wildman–Crippen MR) is 130 cm³/mol. The van der Waals surface area contributed by atoms with Crippen LogP contribution in [0.1, 0.15) is 39.9 Å². The number of carbonyl (C=O) groups excluding carboxylic acids is 2. The third-order valence-corrected chi connectivity index (χ3v) is 7.06. The summed E-state index contributed by atoms with van der Waals surface area (Å²) >= 11 is 7.46. The van der Waals surface area contributed by atoms with Crippen LogP contribution in [0.15, 0.2) is 60.8 Å². The minimum atomic E-state index is -1.87. The molecule has 9 heteroatoms. The average molecular weight is 500 g/mol. The highest BCUT2D eigenvalue weighted by molar-refractivity contribution is 7.11. The molecule has 7 nitrogen and oxygen atoms in total. The molecule has 1 aromatic heterocycles. The van der Waals surface area contributed by atoms with Crippen LogP contribution in [0.2, 0.25) is 5.02 Å². The number of carbonyl (C=O) groups is 2. The van der Waals surface area contributed by atoms with Gasteiger partial charge in [-0.1, -0.05) is 54.1 Å². The highest BCUT2D eigenvalue weighted by Crippen LogP contribution is 2.32. The van der Waals surface area contributed by atoms with Gasteiger partial charge in [0.25, 0.3) is 11.8 Å². The van der Waals surface area contributed by atoms with E-state index in [2.05, 4.69) is 10.3 Å². The van der Waals surface area contributed by atoms with Gasteiger partial charge in [-0.05, 0) is 36.1 Å². The minimum absolute atomic E-state index is 0.0906. The van der Waals surface area contributed by atoms with Crippen molar-refractivity contribution in [3.8, 4) is 0 Å². The lowest BCUT2D eigenvalue weighted by Crippen LogP contribution is -2.50. The van der Waals surface area contributed by atoms with E-state index in [-0.39, 0.29) is 12.6 Å². The molecule has 3 N–H and O–H groups in total. The lowest BCUT2D eigenvalue weighted by atomic mass is 10.0. The Bertz CT molecular complexity index is 1140. The molecule has 0 radical (unpaired) electrons. The van der Waals surface area contributed by atoms with Crippen molar-refractivity contribution < 1.29 is 19.8 Å². The van der Waals surface area contributed by atoms with Crippen molar-refractivity contribution in [1.82, 2.24) is 15.2 Å². The summed E-state index contributed by atoms with van der Waals surface area (Å²) in [7, 11) is 0. The molecule has 0 aliphatic carbocycles. The number of halogens is 1. The van der Waals surface area contributed by atoms with E-state index in [0.717, 1.165) is 28.8 Å². The Kier molecular flexibility index (Phi) is 7.95. The van der Waals surface area contributed by atoms with Crippen LogP contribution in [-0.2, 0) is 22.6 Å². The van der Waals surface area contributed by atoms with E-state index in [9.17, 15) is 19.8 Å². The second-order valence-corrected chi connectivity index (χ2v) is 9.87. The monoisotopic (exact) mass is 499 g/mol. The Morgan fingerprint density at radius 3 is 2.71 bits per heavy atom. The normalized spacial score (nSPS) is 17.4. The molecule has 0 saturated carbocycles. The molecule has 1 aliphatic rings. The van der Waals surface area contributed by atoms with Gasteiger partial charge < -0.3 is 20.4 Å². The number of likely N-dealkylation sites (tertiary alicyclic amines) is 1. The number of thiazole rings is 1. The number of hydrogen-bond acceptors (Lipinski definition) is 6. The van der Waals surface area contributed by atoms with E-state index < -0.39 is 24.0 Å². The number of aromatic nitrogens is 1. The second-order valence-electron chi connectivity index (χ2n) is 8.23. The van der Waals surface area contributed by atoms with E-state index in [4.69, 9.17) is 11.6 Å². The van der Waals surface area contributed by atoms with E-state index >= 15 is 0 Å². The first-order chi connectivity index (χ1) is 16.4. The van der Waals surface area contributed by atoms with Crippen LogP contribution in [0.4, 0.5) is 0 Å². The summed E-state index contributed by atoms with van der Waals surface area (Å²) in [5.74, 6) is -1.46. The Balaban J connectivity index is 1.31. The van der Waals surface area contributed by atoms with Gasteiger partial charge in [-0.15, -0.1) is 11.3 Å². The molecular weight excluding hydrogens is 474 g/mol. The van der Waals surface area contributed by atoms with E-state index in [0.29, 0.717) is 23.0 Å². The summed E-state index contributed by atoms with van der Waals surface area (Å²) in [6.45, 7) is 0.561. The molecule has 1 fully saturated rings. The molecule has 2 heterocycles. The lowest BCUT2D eigenvalue weighted by Gasteiger charge is -2.28. The third-order valence-electron chi connectivity index (χ3n) is 5.82. The standard InChI is InChI=1S/C25H26ClN3O4S/c26-18-9-4-6-16(12-18)13-19-14-27-21(34-19)15-28-24(32)22(30)23(31)25(33)29-11-5-10-20(29)17-7-2-1-3-8-17/h1-4,6-9,12,14,20,22-23,30-31H,5,10-11,13,15H2,(H,28,32)/t20?,22-,23-/m1/s1. The maximum atomic E-state index is 12.9. The van der Waals surface area contributed by atoms with Gasteiger partial charge in [0.1, 0.15) is 5.01 Å². The molecule has 2 aromatic carbocycles. The smallest absolute Gasteiger partial charge is 0.255 e. The van der Waals surface area contributed by atoms with Crippen LogP contribution in [0, 0.1) is 0 Å². The summed E-state index contributed by atoms with van der Waals surface area (Å²) in [5.41, 5.74) is 2.02. The Morgan fingerprint density at radius 2 is 1.94 bits per heavy atom.